The molecular weight excluding hydrogens is 403 g/mol. The van der Waals surface area contributed by atoms with Crippen LogP contribution in [0.15, 0.2) is 48.5 Å². The van der Waals surface area contributed by atoms with Gasteiger partial charge in [-0.05, 0) is 48.6 Å². The summed E-state index contributed by atoms with van der Waals surface area (Å²) in [7, 11) is 0. The van der Waals surface area contributed by atoms with Crippen LogP contribution in [-0.4, -0.2) is 40.7 Å². The number of nitrogens with zero attached hydrogens (tertiary/aromatic N) is 2. The second kappa shape index (κ2) is 9.17. The summed E-state index contributed by atoms with van der Waals surface area (Å²) in [5.41, 5.74) is 1.58. The molecule has 1 atom stereocenters. The van der Waals surface area contributed by atoms with E-state index >= 15 is 0 Å². The lowest BCUT2D eigenvalue weighted by atomic mass is 9.91. The Kier molecular flexibility index (Phi) is 6.38. The van der Waals surface area contributed by atoms with Crippen LogP contribution >= 0.6 is 11.6 Å². The Bertz CT molecular complexity index is 912. The third-order valence-corrected chi connectivity index (χ3v) is 6.60. The monoisotopic (exact) mass is 428 g/mol. The topological polar surface area (TPSA) is 40.6 Å². The van der Waals surface area contributed by atoms with Crippen LogP contribution in [0, 0.1) is 5.82 Å². The van der Waals surface area contributed by atoms with Crippen molar-refractivity contribution in [2.45, 2.75) is 50.6 Å². The van der Waals surface area contributed by atoms with E-state index in [1.54, 1.807) is 21.9 Å². The van der Waals surface area contributed by atoms with E-state index < -0.39 is 6.04 Å². The van der Waals surface area contributed by atoms with E-state index in [-0.39, 0.29) is 30.2 Å². The van der Waals surface area contributed by atoms with Crippen molar-refractivity contribution in [1.29, 1.82) is 0 Å². The highest BCUT2D eigenvalue weighted by Crippen LogP contribution is 2.33. The zero-order valence-corrected chi connectivity index (χ0v) is 17.7. The number of amides is 2. The maximum absolute atomic E-state index is 13.6. The number of hydrogen-bond acceptors (Lipinski definition) is 2. The lowest BCUT2D eigenvalue weighted by Gasteiger charge is -2.44. The molecule has 0 aromatic heterocycles. The van der Waals surface area contributed by atoms with E-state index in [1.165, 1.54) is 18.6 Å². The average molecular weight is 429 g/mol. The van der Waals surface area contributed by atoms with Crippen molar-refractivity contribution in [1.82, 2.24) is 9.80 Å². The average Bonchev–Trinajstić information content (AvgIpc) is 2.76. The Balaban J connectivity index is 1.61. The van der Waals surface area contributed by atoms with Crippen LogP contribution in [0.3, 0.4) is 0 Å². The molecule has 0 bridgehead atoms. The third-order valence-electron chi connectivity index (χ3n) is 6.24. The Morgan fingerprint density at radius 1 is 0.967 bits per heavy atom. The van der Waals surface area contributed by atoms with Gasteiger partial charge in [0.05, 0.1) is 0 Å². The number of piperazine rings is 1. The van der Waals surface area contributed by atoms with E-state index in [1.807, 2.05) is 24.3 Å². The van der Waals surface area contributed by atoms with Gasteiger partial charge in [0.25, 0.3) is 5.91 Å². The standard InChI is InChI=1S/C24H26ClFN2O2/c25-21-9-5-4-6-17(21)14-15-27-22(29)16-28(20-7-2-1-3-8-20)24(30)23(27)18-10-12-19(26)13-11-18/h4-6,9-13,20,23H,1-3,7-8,14-16H2. The number of hydrogen-bond donors (Lipinski definition) is 0. The number of halogens is 2. The molecule has 1 saturated carbocycles. The molecule has 4 rings (SSSR count). The molecule has 2 fully saturated rings. The van der Waals surface area contributed by atoms with Crippen LogP contribution in [0.5, 0.6) is 0 Å². The first-order valence-corrected chi connectivity index (χ1v) is 11.0. The van der Waals surface area contributed by atoms with Crippen molar-refractivity contribution in [3.05, 3.63) is 70.5 Å². The minimum absolute atomic E-state index is 0.0627. The van der Waals surface area contributed by atoms with Crippen molar-refractivity contribution in [3.63, 3.8) is 0 Å². The van der Waals surface area contributed by atoms with Gasteiger partial charge >= 0.3 is 0 Å². The quantitative estimate of drug-likeness (QED) is 0.688. The summed E-state index contributed by atoms with van der Waals surface area (Å²) in [6.07, 6.45) is 5.78. The molecule has 2 aromatic rings. The highest BCUT2D eigenvalue weighted by atomic mass is 35.5. The van der Waals surface area contributed by atoms with Gasteiger partial charge in [0, 0.05) is 17.6 Å². The van der Waals surface area contributed by atoms with E-state index in [0.29, 0.717) is 23.6 Å². The Morgan fingerprint density at radius 2 is 1.67 bits per heavy atom. The van der Waals surface area contributed by atoms with Crippen molar-refractivity contribution in [2.75, 3.05) is 13.1 Å². The minimum Gasteiger partial charge on any atom is -0.328 e. The molecule has 2 aromatic carbocycles. The number of carbonyl (C=O) groups is 2. The number of benzene rings is 2. The molecule has 0 N–H and O–H groups in total. The lowest BCUT2D eigenvalue weighted by Crippen LogP contribution is -2.58. The van der Waals surface area contributed by atoms with E-state index in [9.17, 15) is 14.0 Å². The summed E-state index contributed by atoms with van der Waals surface area (Å²) in [6.45, 7) is 0.499. The predicted octanol–water partition coefficient (Wildman–Crippen LogP) is 4.77. The lowest BCUT2D eigenvalue weighted by molar-refractivity contribution is -0.159. The van der Waals surface area contributed by atoms with Crippen LogP contribution in [0.4, 0.5) is 4.39 Å². The Labute approximate surface area is 181 Å². The van der Waals surface area contributed by atoms with Crippen molar-refractivity contribution in [2.24, 2.45) is 0 Å². The van der Waals surface area contributed by atoms with E-state index in [2.05, 4.69) is 0 Å². The first kappa shape index (κ1) is 20.9. The first-order valence-electron chi connectivity index (χ1n) is 10.6. The van der Waals surface area contributed by atoms with Gasteiger partial charge < -0.3 is 9.80 Å². The van der Waals surface area contributed by atoms with Gasteiger partial charge in [-0.1, -0.05) is 61.2 Å². The SMILES string of the molecule is O=C1C(c2ccc(F)cc2)N(CCc2ccccc2Cl)C(=O)CN1C1CCCCC1. The van der Waals surface area contributed by atoms with Gasteiger partial charge in [0.1, 0.15) is 18.4 Å². The molecule has 2 amide bonds. The zero-order chi connectivity index (χ0) is 21.1. The van der Waals surface area contributed by atoms with Crippen LogP contribution in [0.2, 0.25) is 5.02 Å². The molecule has 0 radical (unpaired) electrons. The molecule has 1 aliphatic heterocycles. The molecule has 1 heterocycles. The Morgan fingerprint density at radius 3 is 2.37 bits per heavy atom. The molecule has 2 aliphatic rings. The smallest absolute Gasteiger partial charge is 0.250 e. The minimum atomic E-state index is -0.726. The normalized spacial score (nSPS) is 20.7. The first-order chi connectivity index (χ1) is 14.5. The molecule has 158 valence electrons. The summed E-state index contributed by atoms with van der Waals surface area (Å²) >= 11 is 6.28. The van der Waals surface area contributed by atoms with E-state index in [4.69, 9.17) is 11.6 Å². The van der Waals surface area contributed by atoms with Gasteiger partial charge in [-0.3, -0.25) is 9.59 Å². The van der Waals surface area contributed by atoms with Gasteiger partial charge in [-0.25, -0.2) is 4.39 Å². The highest BCUT2D eigenvalue weighted by molar-refractivity contribution is 6.31. The molecule has 1 aliphatic carbocycles. The van der Waals surface area contributed by atoms with Gasteiger partial charge in [0.2, 0.25) is 5.91 Å². The molecule has 1 saturated heterocycles. The van der Waals surface area contributed by atoms with Crippen molar-refractivity contribution in [3.8, 4) is 0 Å². The van der Waals surface area contributed by atoms with Gasteiger partial charge in [-0.15, -0.1) is 0 Å². The van der Waals surface area contributed by atoms with Crippen LogP contribution in [0.1, 0.15) is 49.3 Å². The fraction of sp³-hybridized carbons (Fsp3) is 0.417. The molecule has 1 unspecified atom stereocenters. The van der Waals surface area contributed by atoms with Crippen molar-refractivity contribution >= 4 is 23.4 Å². The number of carbonyl (C=O) groups excluding carboxylic acids is 2. The molecule has 0 spiro atoms. The third kappa shape index (κ3) is 4.36. The zero-order valence-electron chi connectivity index (χ0n) is 16.9. The fourth-order valence-electron chi connectivity index (χ4n) is 4.61. The largest absolute Gasteiger partial charge is 0.328 e. The fourth-order valence-corrected chi connectivity index (χ4v) is 4.84. The second-order valence-electron chi connectivity index (χ2n) is 8.14. The Hall–Kier alpha value is -2.40. The second-order valence-corrected chi connectivity index (χ2v) is 8.55. The van der Waals surface area contributed by atoms with Crippen molar-refractivity contribution < 1.29 is 14.0 Å². The summed E-state index contributed by atoms with van der Waals surface area (Å²) in [5, 5.41) is 0.649. The summed E-state index contributed by atoms with van der Waals surface area (Å²) in [5.74, 6) is -0.492. The molecular formula is C24H26ClFN2O2. The van der Waals surface area contributed by atoms with Crippen LogP contribution in [0.25, 0.3) is 0 Å². The van der Waals surface area contributed by atoms with Crippen LogP contribution < -0.4 is 0 Å². The molecule has 6 heteroatoms. The molecule has 4 nitrogen and oxygen atoms in total. The maximum atomic E-state index is 13.6. The van der Waals surface area contributed by atoms with Gasteiger partial charge in [-0.2, -0.15) is 0 Å². The number of rotatable bonds is 5. The van der Waals surface area contributed by atoms with Crippen LogP contribution in [-0.2, 0) is 16.0 Å². The molecule has 30 heavy (non-hydrogen) atoms. The summed E-state index contributed by atoms with van der Waals surface area (Å²) < 4.78 is 13.5. The van der Waals surface area contributed by atoms with Gasteiger partial charge in [0.15, 0.2) is 0 Å². The summed E-state index contributed by atoms with van der Waals surface area (Å²) in [6, 6.07) is 12.8. The summed E-state index contributed by atoms with van der Waals surface area (Å²) in [4.78, 5) is 30.1. The maximum Gasteiger partial charge on any atom is 0.250 e. The predicted molar refractivity (Wildman–Crippen MR) is 115 cm³/mol. The highest BCUT2D eigenvalue weighted by Gasteiger charge is 2.42. The van der Waals surface area contributed by atoms with E-state index in [0.717, 1.165) is 31.2 Å².